The molecule has 0 amide bonds. The molecule has 2 atom stereocenters. The molecule has 0 saturated carbocycles. The van der Waals surface area contributed by atoms with E-state index in [-0.39, 0.29) is 6.04 Å². The lowest BCUT2D eigenvalue weighted by atomic mass is 9.87. The number of nitrogens with two attached hydrogens (primary N) is 2. The van der Waals surface area contributed by atoms with E-state index in [4.69, 9.17) is 16.5 Å². The van der Waals surface area contributed by atoms with E-state index in [2.05, 4.69) is 13.0 Å². The quantitative estimate of drug-likeness (QED) is 0.629. The molecule has 1 aliphatic carbocycles. The van der Waals surface area contributed by atoms with Crippen LogP contribution in [0.25, 0.3) is 0 Å². The molecule has 0 bridgehead atoms. The van der Waals surface area contributed by atoms with Gasteiger partial charge in [-0.2, -0.15) is 0 Å². The Morgan fingerprint density at radius 1 is 1.46 bits per heavy atom. The van der Waals surface area contributed by atoms with E-state index in [0.29, 0.717) is 5.92 Å². The summed E-state index contributed by atoms with van der Waals surface area (Å²) in [7, 11) is 0. The summed E-state index contributed by atoms with van der Waals surface area (Å²) in [5, 5.41) is 0. The highest BCUT2D eigenvalue weighted by atomic mass is 16.6. The van der Waals surface area contributed by atoms with Crippen LogP contribution >= 0.6 is 0 Å². The molecule has 1 aliphatic rings. The molecule has 0 heterocycles. The van der Waals surface area contributed by atoms with E-state index in [1.54, 1.807) is 0 Å². The van der Waals surface area contributed by atoms with Gasteiger partial charge in [-0.1, -0.05) is 25.2 Å². The van der Waals surface area contributed by atoms with Gasteiger partial charge in [-0.25, -0.2) is 5.90 Å². The summed E-state index contributed by atoms with van der Waals surface area (Å²) in [6, 6.07) is 0.0643. The van der Waals surface area contributed by atoms with Crippen molar-refractivity contribution in [3.05, 3.63) is 23.8 Å². The van der Waals surface area contributed by atoms with Gasteiger partial charge in [0.05, 0.1) is 0 Å². The molecule has 0 fully saturated rings. The molecule has 3 heteroatoms. The first kappa shape index (κ1) is 10.4. The Hall–Kier alpha value is -0.640. The molecule has 0 radical (unpaired) electrons. The first-order valence-electron chi connectivity index (χ1n) is 4.51. The fourth-order valence-corrected chi connectivity index (χ4v) is 1.27. The molecule has 1 rings (SSSR count). The van der Waals surface area contributed by atoms with E-state index in [1.807, 2.05) is 26.0 Å². The fraction of sp³-hybridized carbons (Fsp3) is 0.600. The van der Waals surface area contributed by atoms with Gasteiger partial charge >= 0.3 is 0 Å². The van der Waals surface area contributed by atoms with Crippen LogP contribution in [0, 0.1) is 5.92 Å². The highest BCUT2D eigenvalue weighted by Gasteiger charge is 2.25. The Kier molecular flexibility index (Phi) is 2.91. The van der Waals surface area contributed by atoms with Crippen LogP contribution in [-0.2, 0) is 4.84 Å². The smallest absolute Gasteiger partial charge is 0.108 e. The lowest BCUT2D eigenvalue weighted by Crippen LogP contribution is -2.35. The van der Waals surface area contributed by atoms with Gasteiger partial charge in [0.1, 0.15) is 5.60 Å². The second-order valence-electron chi connectivity index (χ2n) is 4.05. The molecule has 0 aliphatic heterocycles. The predicted molar refractivity (Wildman–Crippen MR) is 53.7 cm³/mol. The van der Waals surface area contributed by atoms with Crippen LogP contribution < -0.4 is 11.6 Å². The number of hydrogen-bond donors (Lipinski definition) is 2. The van der Waals surface area contributed by atoms with Gasteiger partial charge in [0.15, 0.2) is 0 Å². The first-order chi connectivity index (χ1) is 5.97. The molecule has 0 saturated heterocycles. The summed E-state index contributed by atoms with van der Waals surface area (Å²) in [6.07, 6.45) is 6.12. The van der Waals surface area contributed by atoms with Gasteiger partial charge < -0.3 is 5.73 Å². The van der Waals surface area contributed by atoms with Crippen molar-refractivity contribution in [3.8, 4) is 0 Å². The van der Waals surface area contributed by atoms with Gasteiger partial charge in [0.2, 0.25) is 0 Å². The summed E-state index contributed by atoms with van der Waals surface area (Å²) in [6.45, 7) is 5.93. The molecule has 74 valence electrons. The van der Waals surface area contributed by atoms with E-state index in [0.717, 1.165) is 5.57 Å². The third-order valence-electron chi connectivity index (χ3n) is 2.55. The second-order valence-corrected chi connectivity index (χ2v) is 4.05. The summed E-state index contributed by atoms with van der Waals surface area (Å²) in [4.78, 5) is 4.89. The maximum absolute atomic E-state index is 5.90. The van der Waals surface area contributed by atoms with E-state index < -0.39 is 5.60 Å². The summed E-state index contributed by atoms with van der Waals surface area (Å²) >= 11 is 0. The summed E-state index contributed by atoms with van der Waals surface area (Å²) in [5.74, 6) is 5.59. The minimum absolute atomic E-state index is 0.0643. The standard InChI is InChI=1S/C10H18N2O/c1-7-4-5-8(6-9(7)11)10(2,3)13-12/h4-7,9H,11-12H2,1-3H3. The van der Waals surface area contributed by atoms with Crippen molar-refractivity contribution in [2.75, 3.05) is 0 Å². The van der Waals surface area contributed by atoms with Crippen molar-refractivity contribution >= 4 is 0 Å². The van der Waals surface area contributed by atoms with Crippen LogP contribution in [0.1, 0.15) is 20.8 Å². The van der Waals surface area contributed by atoms with Crippen LogP contribution in [0.2, 0.25) is 0 Å². The monoisotopic (exact) mass is 182 g/mol. The van der Waals surface area contributed by atoms with Crippen molar-refractivity contribution < 1.29 is 4.84 Å². The van der Waals surface area contributed by atoms with Crippen LogP contribution in [-0.4, -0.2) is 11.6 Å². The fourth-order valence-electron chi connectivity index (χ4n) is 1.27. The zero-order valence-electron chi connectivity index (χ0n) is 8.45. The van der Waals surface area contributed by atoms with Crippen LogP contribution in [0.3, 0.4) is 0 Å². The molecular weight excluding hydrogens is 164 g/mol. The second kappa shape index (κ2) is 3.62. The van der Waals surface area contributed by atoms with Gasteiger partial charge in [0.25, 0.3) is 0 Å². The maximum Gasteiger partial charge on any atom is 0.108 e. The third-order valence-corrected chi connectivity index (χ3v) is 2.55. The molecule has 4 N–H and O–H groups in total. The number of hydrogen-bond acceptors (Lipinski definition) is 3. The van der Waals surface area contributed by atoms with Crippen LogP contribution in [0.5, 0.6) is 0 Å². The topological polar surface area (TPSA) is 61.3 Å². The Morgan fingerprint density at radius 2 is 2.08 bits per heavy atom. The molecule has 0 aromatic heterocycles. The van der Waals surface area contributed by atoms with Crippen molar-refractivity contribution in [1.82, 2.24) is 0 Å². The highest BCUT2D eigenvalue weighted by molar-refractivity contribution is 5.33. The summed E-state index contributed by atoms with van der Waals surface area (Å²) in [5.41, 5.74) is 6.49. The van der Waals surface area contributed by atoms with Gasteiger partial charge in [-0.15, -0.1) is 0 Å². The molecule has 0 aromatic rings. The summed E-state index contributed by atoms with van der Waals surface area (Å²) < 4.78 is 0. The van der Waals surface area contributed by atoms with Gasteiger partial charge in [0, 0.05) is 6.04 Å². The molecule has 0 spiro atoms. The third kappa shape index (κ3) is 2.18. The normalized spacial score (nSPS) is 28.8. The van der Waals surface area contributed by atoms with E-state index >= 15 is 0 Å². The Bertz CT molecular complexity index is 243. The largest absolute Gasteiger partial charge is 0.324 e. The lowest BCUT2D eigenvalue weighted by molar-refractivity contribution is 0.0115. The zero-order chi connectivity index (χ0) is 10.1. The van der Waals surface area contributed by atoms with Crippen molar-refractivity contribution in [2.24, 2.45) is 17.5 Å². The van der Waals surface area contributed by atoms with Crippen molar-refractivity contribution in [3.63, 3.8) is 0 Å². The molecule has 0 aromatic carbocycles. The first-order valence-corrected chi connectivity index (χ1v) is 4.51. The minimum atomic E-state index is -0.450. The highest BCUT2D eigenvalue weighted by Crippen LogP contribution is 2.25. The van der Waals surface area contributed by atoms with Crippen molar-refractivity contribution in [1.29, 1.82) is 0 Å². The predicted octanol–water partition coefficient (Wildman–Crippen LogP) is 1.11. The molecule has 3 nitrogen and oxygen atoms in total. The van der Waals surface area contributed by atoms with Crippen LogP contribution in [0.4, 0.5) is 0 Å². The minimum Gasteiger partial charge on any atom is -0.324 e. The average Bonchev–Trinajstić information content (AvgIpc) is 2.09. The zero-order valence-corrected chi connectivity index (χ0v) is 8.45. The van der Waals surface area contributed by atoms with E-state index in [1.165, 1.54) is 0 Å². The maximum atomic E-state index is 5.90. The molecule has 13 heavy (non-hydrogen) atoms. The Balaban J connectivity index is 2.84. The lowest BCUT2D eigenvalue weighted by Gasteiger charge is -2.28. The van der Waals surface area contributed by atoms with Gasteiger partial charge in [-0.05, 0) is 25.3 Å². The number of rotatable bonds is 2. The Labute approximate surface area is 79.4 Å². The van der Waals surface area contributed by atoms with Gasteiger partial charge in [-0.3, -0.25) is 4.84 Å². The SMILES string of the molecule is CC1C=CC(C(C)(C)ON)=CC1N. The molecule has 2 unspecified atom stereocenters. The molecular formula is C10H18N2O. The van der Waals surface area contributed by atoms with Crippen LogP contribution in [0.15, 0.2) is 23.8 Å². The van der Waals surface area contributed by atoms with Crippen molar-refractivity contribution in [2.45, 2.75) is 32.4 Å². The average molecular weight is 182 g/mol. The van der Waals surface area contributed by atoms with E-state index in [9.17, 15) is 0 Å². The Morgan fingerprint density at radius 3 is 2.54 bits per heavy atom.